The zero-order chi connectivity index (χ0) is 14.5. The fourth-order valence-corrected chi connectivity index (χ4v) is 2.94. The van der Waals surface area contributed by atoms with Gasteiger partial charge in [0, 0.05) is 26.2 Å². The van der Waals surface area contributed by atoms with Crippen LogP contribution in [0.15, 0.2) is 30.3 Å². The van der Waals surface area contributed by atoms with Gasteiger partial charge in [0.15, 0.2) is 0 Å². The average molecular weight is 327 g/mol. The van der Waals surface area contributed by atoms with Gasteiger partial charge in [0.1, 0.15) is 6.04 Å². The number of amides is 1. The van der Waals surface area contributed by atoms with Crippen LogP contribution in [0.4, 0.5) is 0 Å². The van der Waals surface area contributed by atoms with Gasteiger partial charge < -0.3 is 14.4 Å². The SMILES string of the molecule is Cl.O=C(C(c1ccccc1)N1CCOCC1)N1CCOCC1. The molecule has 122 valence electrons. The van der Waals surface area contributed by atoms with Crippen LogP contribution in [0.3, 0.4) is 0 Å². The van der Waals surface area contributed by atoms with E-state index in [4.69, 9.17) is 9.47 Å². The van der Waals surface area contributed by atoms with Crippen molar-refractivity contribution in [1.29, 1.82) is 0 Å². The van der Waals surface area contributed by atoms with Gasteiger partial charge in [0.2, 0.25) is 5.91 Å². The fraction of sp³-hybridized carbons (Fsp3) is 0.562. The number of rotatable bonds is 3. The lowest BCUT2D eigenvalue weighted by Gasteiger charge is -2.37. The zero-order valence-electron chi connectivity index (χ0n) is 12.6. The van der Waals surface area contributed by atoms with Crippen molar-refractivity contribution in [3.05, 3.63) is 35.9 Å². The highest BCUT2D eigenvalue weighted by atomic mass is 35.5. The molecule has 2 heterocycles. The van der Waals surface area contributed by atoms with E-state index in [2.05, 4.69) is 4.90 Å². The average Bonchev–Trinajstić information content (AvgIpc) is 2.58. The quantitative estimate of drug-likeness (QED) is 0.840. The molecule has 0 spiro atoms. The number of carbonyl (C=O) groups excluding carboxylic acids is 1. The number of hydrogen-bond donors (Lipinski definition) is 0. The summed E-state index contributed by atoms with van der Waals surface area (Å²) in [4.78, 5) is 17.1. The van der Waals surface area contributed by atoms with Gasteiger partial charge in [-0.3, -0.25) is 9.69 Å². The number of morpholine rings is 2. The Balaban J connectivity index is 0.00000176. The molecule has 1 aromatic carbocycles. The third-order valence-corrected chi connectivity index (χ3v) is 4.08. The van der Waals surface area contributed by atoms with Crippen molar-refractivity contribution in [2.45, 2.75) is 6.04 Å². The van der Waals surface area contributed by atoms with Gasteiger partial charge in [-0.15, -0.1) is 12.4 Å². The van der Waals surface area contributed by atoms with Crippen molar-refractivity contribution in [2.24, 2.45) is 0 Å². The molecule has 22 heavy (non-hydrogen) atoms. The van der Waals surface area contributed by atoms with E-state index >= 15 is 0 Å². The molecule has 1 aromatic rings. The van der Waals surface area contributed by atoms with Gasteiger partial charge in [-0.05, 0) is 5.56 Å². The van der Waals surface area contributed by atoms with E-state index in [0.717, 1.165) is 18.7 Å². The van der Waals surface area contributed by atoms with E-state index in [1.54, 1.807) is 0 Å². The van der Waals surface area contributed by atoms with Crippen molar-refractivity contribution in [3.8, 4) is 0 Å². The van der Waals surface area contributed by atoms with E-state index in [-0.39, 0.29) is 24.4 Å². The molecule has 0 bridgehead atoms. The maximum absolute atomic E-state index is 13.0. The monoisotopic (exact) mass is 326 g/mol. The van der Waals surface area contributed by atoms with Crippen LogP contribution in [-0.4, -0.2) is 68.3 Å². The predicted octanol–water partition coefficient (Wildman–Crippen LogP) is 1.34. The number of carbonyl (C=O) groups is 1. The largest absolute Gasteiger partial charge is 0.379 e. The third kappa shape index (κ3) is 3.98. The molecule has 0 N–H and O–H groups in total. The Morgan fingerprint density at radius 1 is 0.909 bits per heavy atom. The molecule has 2 aliphatic heterocycles. The molecule has 0 radical (unpaired) electrons. The first-order valence-electron chi connectivity index (χ1n) is 7.59. The Hall–Kier alpha value is -1.14. The second kappa shape index (κ2) is 8.48. The van der Waals surface area contributed by atoms with Gasteiger partial charge in [0.05, 0.1) is 26.4 Å². The molecule has 0 saturated carbocycles. The normalized spacial score (nSPS) is 21.0. The molecular formula is C16H23ClN2O3. The molecule has 3 rings (SSSR count). The Morgan fingerprint density at radius 3 is 2.05 bits per heavy atom. The maximum Gasteiger partial charge on any atom is 0.244 e. The molecule has 2 fully saturated rings. The predicted molar refractivity (Wildman–Crippen MR) is 86.2 cm³/mol. The summed E-state index contributed by atoms with van der Waals surface area (Å²) in [6, 6.07) is 9.86. The highest BCUT2D eigenvalue weighted by Crippen LogP contribution is 2.24. The van der Waals surface area contributed by atoms with E-state index in [1.165, 1.54) is 0 Å². The topological polar surface area (TPSA) is 42.0 Å². The Kier molecular flexibility index (Phi) is 6.64. The summed E-state index contributed by atoms with van der Waals surface area (Å²) in [5.41, 5.74) is 1.07. The Morgan fingerprint density at radius 2 is 1.45 bits per heavy atom. The third-order valence-electron chi connectivity index (χ3n) is 4.08. The molecule has 0 aliphatic carbocycles. The molecule has 1 unspecified atom stereocenters. The van der Waals surface area contributed by atoms with Crippen LogP contribution in [0.1, 0.15) is 11.6 Å². The summed E-state index contributed by atoms with van der Waals surface area (Å²) >= 11 is 0. The minimum Gasteiger partial charge on any atom is -0.379 e. The molecule has 2 aliphatic rings. The fourth-order valence-electron chi connectivity index (χ4n) is 2.94. The molecular weight excluding hydrogens is 304 g/mol. The van der Waals surface area contributed by atoms with Crippen LogP contribution in [0.5, 0.6) is 0 Å². The van der Waals surface area contributed by atoms with Crippen LogP contribution in [-0.2, 0) is 14.3 Å². The molecule has 2 saturated heterocycles. The van der Waals surface area contributed by atoms with Gasteiger partial charge in [-0.2, -0.15) is 0 Å². The number of benzene rings is 1. The first-order chi connectivity index (χ1) is 10.4. The highest BCUT2D eigenvalue weighted by Gasteiger charge is 2.32. The highest BCUT2D eigenvalue weighted by molar-refractivity contribution is 5.85. The maximum atomic E-state index is 13.0. The van der Waals surface area contributed by atoms with Gasteiger partial charge in [0.25, 0.3) is 0 Å². The summed E-state index contributed by atoms with van der Waals surface area (Å²) in [5, 5.41) is 0. The minimum absolute atomic E-state index is 0. The summed E-state index contributed by atoms with van der Waals surface area (Å²) in [7, 11) is 0. The standard InChI is InChI=1S/C16H22N2O3.ClH/c19-16(18-8-12-21-13-9-18)15(14-4-2-1-3-5-14)17-6-10-20-11-7-17;/h1-5,15H,6-13H2;1H. The number of hydrogen-bond acceptors (Lipinski definition) is 4. The van der Waals surface area contributed by atoms with Crippen molar-refractivity contribution >= 4 is 18.3 Å². The second-order valence-corrected chi connectivity index (χ2v) is 5.40. The van der Waals surface area contributed by atoms with Crippen LogP contribution in [0.25, 0.3) is 0 Å². The van der Waals surface area contributed by atoms with Crippen LogP contribution in [0, 0.1) is 0 Å². The van der Waals surface area contributed by atoms with Crippen molar-refractivity contribution in [3.63, 3.8) is 0 Å². The molecule has 0 aromatic heterocycles. The number of nitrogens with zero attached hydrogens (tertiary/aromatic N) is 2. The second-order valence-electron chi connectivity index (χ2n) is 5.40. The van der Waals surface area contributed by atoms with Gasteiger partial charge >= 0.3 is 0 Å². The minimum atomic E-state index is -0.201. The molecule has 1 atom stereocenters. The van der Waals surface area contributed by atoms with Gasteiger partial charge in [-0.25, -0.2) is 0 Å². The summed E-state index contributed by atoms with van der Waals surface area (Å²) in [6.07, 6.45) is 0. The van der Waals surface area contributed by atoms with E-state index in [1.807, 2.05) is 35.2 Å². The summed E-state index contributed by atoms with van der Waals surface area (Å²) in [6.45, 7) is 5.64. The van der Waals surface area contributed by atoms with Crippen LogP contribution in [0.2, 0.25) is 0 Å². The van der Waals surface area contributed by atoms with Gasteiger partial charge in [-0.1, -0.05) is 30.3 Å². The summed E-state index contributed by atoms with van der Waals surface area (Å²) in [5.74, 6) is 0.186. The number of halogens is 1. The van der Waals surface area contributed by atoms with E-state index < -0.39 is 0 Å². The van der Waals surface area contributed by atoms with Crippen molar-refractivity contribution in [2.75, 3.05) is 52.6 Å². The van der Waals surface area contributed by atoms with Crippen molar-refractivity contribution in [1.82, 2.24) is 9.80 Å². The smallest absolute Gasteiger partial charge is 0.244 e. The van der Waals surface area contributed by atoms with Crippen LogP contribution < -0.4 is 0 Å². The van der Waals surface area contributed by atoms with Crippen molar-refractivity contribution < 1.29 is 14.3 Å². The lowest BCUT2D eigenvalue weighted by atomic mass is 10.0. The zero-order valence-corrected chi connectivity index (χ0v) is 13.5. The first kappa shape index (κ1) is 17.2. The van der Waals surface area contributed by atoms with E-state index in [9.17, 15) is 4.79 Å². The Bertz CT molecular complexity index is 460. The Labute approximate surface area is 137 Å². The molecule has 1 amide bonds. The molecule has 5 nitrogen and oxygen atoms in total. The number of ether oxygens (including phenoxy) is 2. The van der Waals surface area contributed by atoms with E-state index in [0.29, 0.717) is 39.5 Å². The lowest BCUT2D eigenvalue weighted by molar-refractivity contribution is -0.143. The van der Waals surface area contributed by atoms with Crippen LogP contribution >= 0.6 is 12.4 Å². The first-order valence-corrected chi connectivity index (χ1v) is 7.59. The lowest BCUT2D eigenvalue weighted by Crippen LogP contribution is -2.50. The molecule has 6 heteroatoms. The summed E-state index contributed by atoms with van der Waals surface area (Å²) < 4.78 is 10.8.